The Bertz CT molecular complexity index is 273. The first-order valence-electron chi connectivity index (χ1n) is 3.20. The first kappa shape index (κ1) is 5.47. The molecule has 0 bridgehead atoms. The average molecular weight is 134 g/mol. The van der Waals surface area contributed by atoms with Crippen LogP contribution in [0, 0.1) is 12.8 Å². The molecule has 0 radical (unpaired) electrons. The molecule has 0 N–H and O–H groups in total. The van der Waals surface area contributed by atoms with Gasteiger partial charge in [0.2, 0.25) is 0 Å². The van der Waals surface area contributed by atoms with Gasteiger partial charge in [0.05, 0.1) is 0 Å². The molecular weight excluding hydrogens is 126 g/mol. The maximum absolute atomic E-state index is 5.21. The van der Waals surface area contributed by atoms with Crippen LogP contribution in [-0.2, 0) is 7.05 Å². The maximum Gasteiger partial charge on any atom is 0.365 e. The van der Waals surface area contributed by atoms with Crippen molar-refractivity contribution in [3.05, 3.63) is 42.8 Å². The van der Waals surface area contributed by atoms with E-state index in [1.807, 2.05) is 36.6 Å². The summed E-state index contributed by atoms with van der Waals surface area (Å²) in [4.78, 5) is 0. The molecule has 1 aliphatic rings. The van der Waals surface area contributed by atoms with Crippen LogP contribution in [0.15, 0.2) is 23.0 Å². The lowest BCUT2D eigenvalue weighted by Gasteiger charge is -2.15. The van der Waals surface area contributed by atoms with Crippen molar-refractivity contribution in [3.63, 3.8) is 0 Å². The molecule has 0 fully saturated rings. The van der Waals surface area contributed by atoms with Gasteiger partial charge in [-0.1, -0.05) is 5.69 Å². The van der Waals surface area contributed by atoms with E-state index in [-0.39, 0.29) is 0 Å². The van der Waals surface area contributed by atoms with Crippen molar-refractivity contribution in [1.82, 2.24) is 4.57 Å². The Morgan fingerprint density at radius 1 is 1.40 bits per heavy atom. The minimum absolute atomic E-state index is 0.935. The molecule has 52 valence electrons. The molecular formula is C8H8NO-. The molecule has 0 aliphatic heterocycles. The Labute approximate surface area is 59.8 Å². The molecule has 2 nitrogen and oxygen atoms in total. The first-order valence-corrected chi connectivity index (χ1v) is 3.20. The molecule has 0 saturated carbocycles. The Balaban J connectivity index is 2.50. The highest BCUT2D eigenvalue weighted by Crippen LogP contribution is 2.19. The molecule has 2 heteroatoms. The SMILES string of the molecule is Cn1c[o+]c2c1[CH-]C=C[CH-]2. The number of aromatic nitrogens is 1. The monoisotopic (exact) mass is 134 g/mol. The first-order chi connectivity index (χ1) is 4.88. The quantitative estimate of drug-likeness (QED) is 0.388. The number of oxazole rings is 1. The van der Waals surface area contributed by atoms with E-state index in [9.17, 15) is 0 Å². The molecule has 0 atom stereocenters. The fourth-order valence-corrected chi connectivity index (χ4v) is 1.04. The summed E-state index contributed by atoms with van der Waals surface area (Å²) in [7, 11) is 1.96. The van der Waals surface area contributed by atoms with Crippen molar-refractivity contribution < 1.29 is 4.42 Å². The largest absolute Gasteiger partial charge is 0.365 e. The van der Waals surface area contributed by atoms with Gasteiger partial charge in [-0.2, -0.15) is 6.42 Å². The van der Waals surface area contributed by atoms with Crippen LogP contribution in [-0.4, -0.2) is 4.57 Å². The van der Waals surface area contributed by atoms with Crippen molar-refractivity contribution in [1.29, 1.82) is 0 Å². The zero-order valence-electron chi connectivity index (χ0n) is 5.74. The molecule has 1 aliphatic carbocycles. The minimum atomic E-state index is 0.935. The number of allylic oxidation sites excluding steroid dienone is 2. The summed E-state index contributed by atoms with van der Waals surface area (Å²) in [5, 5.41) is 0. The molecule has 0 aromatic carbocycles. The van der Waals surface area contributed by atoms with Gasteiger partial charge in [0.1, 0.15) is 0 Å². The number of nitrogens with zero attached hydrogens (tertiary/aromatic N) is 1. The lowest BCUT2D eigenvalue weighted by atomic mass is 10.1. The third-order valence-electron chi connectivity index (χ3n) is 1.58. The van der Waals surface area contributed by atoms with Crippen LogP contribution in [0.2, 0.25) is 0 Å². The second kappa shape index (κ2) is 1.84. The highest BCUT2D eigenvalue weighted by Gasteiger charge is 2.03. The molecule has 0 spiro atoms. The Morgan fingerprint density at radius 2 is 2.20 bits per heavy atom. The van der Waals surface area contributed by atoms with Crippen LogP contribution in [0.25, 0.3) is 0 Å². The van der Waals surface area contributed by atoms with Gasteiger partial charge in [-0.25, -0.2) is 6.42 Å². The van der Waals surface area contributed by atoms with E-state index in [1.165, 1.54) is 0 Å². The van der Waals surface area contributed by atoms with Crippen molar-refractivity contribution in [3.8, 4) is 0 Å². The Kier molecular flexibility index (Phi) is 1.01. The minimum Gasteiger partial charge on any atom is -0.341 e. The molecule has 0 unspecified atom stereocenters. The summed E-state index contributed by atoms with van der Waals surface area (Å²) in [5.74, 6) is 0.935. The topological polar surface area (TPSA) is 16.2 Å². The molecule has 2 rings (SSSR count). The molecule has 1 aromatic rings. The lowest BCUT2D eigenvalue weighted by molar-refractivity contribution is 0.522. The molecule has 0 amide bonds. The summed E-state index contributed by atoms with van der Waals surface area (Å²) in [5.41, 5.74) is 1.13. The van der Waals surface area contributed by atoms with Gasteiger partial charge >= 0.3 is 6.39 Å². The number of rotatable bonds is 0. The number of aryl methyl sites for hydroxylation is 1. The highest BCUT2D eigenvalue weighted by atomic mass is 16.3. The Hall–Kier alpha value is -1.31. The van der Waals surface area contributed by atoms with Gasteiger partial charge in [-0.05, 0) is 0 Å². The Morgan fingerprint density at radius 3 is 3.00 bits per heavy atom. The van der Waals surface area contributed by atoms with Crippen LogP contribution >= 0.6 is 0 Å². The predicted octanol–water partition coefficient (Wildman–Crippen LogP) is 1.57. The van der Waals surface area contributed by atoms with E-state index < -0.39 is 0 Å². The normalized spacial score (nSPS) is 13.7. The number of hydrogen-bond acceptors (Lipinski definition) is 0. The van der Waals surface area contributed by atoms with E-state index in [2.05, 4.69) is 0 Å². The summed E-state index contributed by atoms with van der Waals surface area (Å²) in [6, 6.07) is 0. The van der Waals surface area contributed by atoms with Crippen LogP contribution in [0.1, 0.15) is 11.5 Å². The summed E-state index contributed by atoms with van der Waals surface area (Å²) in [6.45, 7) is 0. The fraction of sp³-hybridized carbons (Fsp3) is 0.125. The maximum atomic E-state index is 5.21. The second-order valence-corrected chi connectivity index (χ2v) is 2.30. The zero-order chi connectivity index (χ0) is 6.97. The molecule has 0 saturated heterocycles. The van der Waals surface area contributed by atoms with Crippen LogP contribution in [0.5, 0.6) is 0 Å². The van der Waals surface area contributed by atoms with Crippen LogP contribution in [0.3, 0.4) is 0 Å². The summed E-state index contributed by atoms with van der Waals surface area (Å²) >= 11 is 0. The zero-order valence-corrected chi connectivity index (χ0v) is 5.74. The van der Waals surface area contributed by atoms with E-state index in [0.29, 0.717) is 0 Å². The van der Waals surface area contributed by atoms with E-state index >= 15 is 0 Å². The third kappa shape index (κ3) is 0.620. The second-order valence-electron chi connectivity index (χ2n) is 2.30. The van der Waals surface area contributed by atoms with Gasteiger partial charge < -0.3 is 4.57 Å². The smallest absolute Gasteiger partial charge is 0.341 e. The van der Waals surface area contributed by atoms with Gasteiger partial charge in [-0.15, -0.1) is 0 Å². The van der Waals surface area contributed by atoms with Crippen molar-refractivity contribution >= 4 is 0 Å². The molecule has 1 heterocycles. The third-order valence-corrected chi connectivity index (χ3v) is 1.58. The number of fused-ring (bicyclic) bond motifs is 1. The van der Waals surface area contributed by atoms with Crippen LogP contribution in [0.4, 0.5) is 0 Å². The average Bonchev–Trinajstić information content (AvgIpc) is 2.34. The predicted molar refractivity (Wildman–Crippen MR) is 38.0 cm³/mol. The van der Waals surface area contributed by atoms with Crippen molar-refractivity contribution in [2.24, 2.45) is 7.05 Å². The van der Waals surface area contributed by atoms with E-state index in [1.54, 1.807) is 6.39 Å². The van der Waals surface area contributed by atoms with Gasteiger partial charge in [0, 0.05) is 7.05 Å². The summed E-state index contributed by atoms with van der Waals surface area (Å²) in [6.07, 6.45) is 9.64. The summed E-state index contributed by atoms with van der Waals surface area (Å²) < 4.78 is 7.17. The van der Waals surface area contributed by atoms with Gasteiger partial charge in [0.15, 0.2) is 5.76 Å². The van der Waals surface area contributed by atoms with E-state index in [0.717, 1.165) is 11.5 Å². The van der Waals surface area contributed by atoms with Crippen LogP contribution < -0.4 is 0 Å². The van der Waals surface area contributed by atoms with E-state index in [4.69, 9.17) is 4.42 Å². The fourth-order valence-electron chi connectivity index (χ4n) is 1.04. The van der Waals surface area contributed by atoms with Crippen molar-refractivity contribution in [2.75, 3.05) is 0 Å². The standard InChI is InChI=1S/C8H8NO/c1-9-6-10-8-5-3-2-4-7(8)9/h2-6H,1H3/q-1. The number of hydrogen-bond donors (Lipinski definition) is 0. The highest BCUT2D eigenvalue weighted by molar-refractivity contribution is 5.37. The molecule has 1 aromatic heterocycles. The van der Waals surface area contributed by atoms with Gasteiger partial charge in [0.25, 0.3) is 0 Å². The van der Waals surface area contributed by atoms with Gasteiger partial charge in [-0.3, -0.25) is 16.6 Å². The van der Waals surface area contributed by atoms with Crippen molar-refractivity contribution in [2.45, 2.75) is 0 Å². The molecule has 10 heavy (non-hydrogen) atoms. The lowest BCUT2D eigenvalue weighted by Crippen LogP contribution is -1.97.